The molecule has 1 atom stereocenters. The Balaban J connectivity index is 2.51. The molecule has 0 aliphatic rings. The molecule has 20 heavy (non-hydrogen) atoms. The van der Waals surface area contributed by atoms with Gasteiger partial charge in [-0.3, -0.25) is 14.7 Å². The van der Waals surface area contributed by atoms with Crippen molar-refractivity contribution < 1.29 is 9.34 Å². The number of non-ortho nitro benzene ring substituents is 1. The van der Waals surface area contributed by atoms with Crippen LogP contribution in [-0.2, 0) is 6.54 Å². The highest BCUT2D eigenvalue weighted by molar-refractivity contribution is 9.09. The Morgan fingerprint density at radius 1 is 1.45 bits per heavy atom. The molecule has 0 saturated carbocycles. The third-order valence-corrected chi connectivity index (χ3v) is 4.25. The minimum absolute atomic E-state index is 0.0491. The lowest BCUT2D eigenvalue weighted by molar-refractivity contribution is -0.384. The van der Waals surface area contributed by atoms with Crippen molar-refractivity contribution in [3.63, 3.8) is 0 Å². The minimum atomic E-state index is -0.480. The number of hydrogen-bond acceptors (Lipinski definition) is 4. The fourth-order valence-corrected chi connectivity index (χ4v) is 2.96. The number of nitro benzene ring substituents is 1. The van der Waals surface area contributed by atoms with Crippen LogP contribution in [0.25, 0.3) is 11.1 Å². The number of benzene rings is 1. The number of nitrogens with zero attached hydrogens (tertiary/aromatic N) is 2. The number of rotatable bonds is 5. The molecule has 0 bridgehead atoms. The van der Waals surface area contributed by atoms with E-state index in [1.165, 1.54) is 22.8 Å². The van der Waals surface area contributed by atoms with Crippen molar-refractivity contribution in [2.45, 2.75) is 20.4 Å². The Hall–Kier alpha value is -1.63. The minimum Gasteiger partial charge on any atom is -0.408 e. The van der Waals surface area contributed by atoms with E-state index in [0.29, 0.717) is 23.6 Å². The summed E-state index contributed by atoms with van der Waals surface area (Å²) in [5.41, 5.74) is 0.792. The topological polar surface area (TPSA) is 78.3 Å². The van der Waals surface area contributed by atoms with E-state index in [0.717, 1.165) is 5.33 Å². The largest absolute Gasteiger partial charge is 0.419 e. The smallest absolute Gasteiger partial charge is 0.408 e. The lowest BCUT2D eigenvalue weighted by atomic mass is 9.98. The Labute approximate surface area is 123 Å². The predicted octanol–water partition coefficient (Wildman–Crippen LogP) is 3.17. The molecule has 0 saturated heterocycles. The molecule has 0 aliphatic heterocycles. The van der Waals surface area contributed by atoms with Gasteiger partial charge in [0, 0.05) is 24.0 Å². The lowest BCUT2D eigenvalue weighted by Gasteiger charge is -2.18. The standard InChI is InChI=1S/C13H15BrN2O4/c1-8(2)9(6-14)7-15-11-5-10(16(18)19)3-4-12(11)20-13(15)17/h3-5,8-9H,6-7H2,1-2H3. The van der Waals surface area contributed by atoms with Gasteiger partial charge in [0.15, 0.2) is 5.58 Å². The van der Waals surface area contributed by atoms with Crippen molar-refractivity contribution in [3.05, 3.63) is 38.9 Å². The number of oxazole rings is 1. The van der Waals surface area contributed by atoms with Gasteiger partial charge in [-0.05, 0) is 17.9 Å². The summed E-state index contributed by atoms with van der Waals surface area (Å²) >= 11 is 3.43. The molecule has 7 heteroatoms. The quantitative estimate of drug-likeness (QED) is 0.475. The zero-order valence-electron chi connectivity index (χ0n) is 11.2. The van der Waals surface area contributed by atoms with E-state index < -0.39 is 10.7 Å². The van der Waals surface area contributed by atoms with Crippen LogP contribution < -0.4 is 5.76 Å². The molecule has 6 nitrogen and oxygen atoms in total. The van der Waals surface area contributed by atoms with E-state index in [9.17, 15) is 14.9 Å². The normalized spacial score (nSPS) is 13.0. The molecular weight excluding hydrogens is 328 g/mol. The summed E-state index contributed by atoms with van der Waals surface area (Å²) in [7, 11) is 0. The molecule has 0 radical (unpaired) electrons. The molecule has 0 aliphatic carbocycles. The van der Waals surface area contributed by atoms with Crippen molar-refractivity contribution in [3.8, 4) is 0 Å². The number of halogens is 1. The first kappa shape index (κ1) is 14.8. The van der Waals surface area contributed by atoms with Crippen LogP contribution in [0.1, 0.15) is 13.8 Å². The fraction of sp³-hybridized carbons (Fsp3) is 0.462. The van der Waals surface area contributed by atoms with E-state index >= 15 is 0 Å². The number of fused-ring (bicyclic) bond motifs is 1. The summed E-state index contributed by atoms with van der Waals surface area (Å²) in [5.74, 6) is 0.143. The maximum atomic E-state index is 11.9. The van der Waals surface area contributed by atoms with Gasteiger partial charge in [0.2, 0.25) is 0 Å². The van der Waals surface area contributed by atoms with Crippen LogP contribution in [0.4, 0.5) is 5.69 Å². The van der Waals surface area contributed by atoms with Gasteiger partial charge in [0.05, 0.1) is 10.4 Å². The van der Waals surface area contributed by atoms with Gasteiger partial charge < -0.3 is 4.42 Å². The number of nitro groups is 1. The monoisotopic (exact) mass is 342 g/mol. The summed E-state index contributed by atoms with van der Waals surface area (Å²) in [5, 5.41) is 11.6. The van der Waals surface area contributed by atoms with E-state index in [4.69, 9.17) is 4.42 Å². The lowest BCUT2D eigenvalue weighted by Crippen LogP contribution is -2.24. The van der Waals surface area contributed by atoms with Crippen molar-refractivity contribution in [2.75, 3.05) is 5.33 Å². The fourth-order valence-electron chi connectivity index (χ4n) is 2.01. The van der Waals surface area contributed by atoms with Crippen molar-refractivity contribution >= 4 is 32.7 Å². The average Bonchev–Trinajstić information content (AvgIpc) is 2.70. The average molecular weight is 343 g/mol. The first-order valence-electron chi connectivity index (χ1n) is 6.27. The van der Waals surface area contributed by atoms with Gasteiger partial charge >= 0.3 is 5.76 Å². The molecule has 2 rings (SSSR count). The third-order valence-electron chi connectivity index (χ3n) is 3.42. The van der Waals surface area contributed by atoms with Gasteiger partial charge in [-0.15, -0.1) is 0 Å². The highest BCUT2D eigenvalue weighted by Crippen LogP contribution is 2.23. The van der Waals surface area contributed by atoms with E-state index in [2.05, 4.69) is 29.8 Å². The Bertz CT molecular complexity index is 689. The Morgan fingerprint density at radius 2 is 2.15 bits per heavy atom. The highest BCUT2D eigenvalue weighted by Gasteiger charge is 2.19. The molecule has 1 aromatic carbocycles. The zero-order chi connectivity index (χ0) is 14.9. The van der Waals surface area contributed by atoms with Gasteiger partial charge in [-0.1, -0.05) is 29.8 Å². The molecular formula is C13H15BrN2O4. The summed E-state index contributed by atoms with van der Waals surface area (Å²) in [6.07, 6.45) is 0. The van der Waals surface area contributed by atoms with Crippen LogP contribution in [-0.4, -0.2) is 14.8 Å². The number of hydrogen-bond donors (Lipinski definition) is 0. The Kier molecular flexibility index (Phi) is 4.27. The first-order valence-corrected chi connectivity index (χ1v) is 7.40. The van der Waals surface area contributed by atoms with Crippen molar-refractivity contribution in [1.29, 1.82) is 0 Å². The molecule has 1 heterocycles. The van der Waals surface area contributed by atoms with Crippen molar-refractivity contribution in [2.24, 2.45) is 11.8 Å². The summed E-state index contributed by atoms with van der Waals surface area (Å²) in [6.45, 7) is 4.61. The van der Waals surface area contributed by atoms with Crippen LogP contribution in [0.2, 0.25) is 0 Å². The second-order valence-electron chi connectivity index (χ2n) is 5.05. The number of aromatic nitrogens is 1. The summed E-state index contributed by atoms with van der Waals surface area (Å²) in [6, 6.07) is 4.18. The van der Waals surface area contributed by atoms with Gasteiger partial charge in [-0.25, -0.2) is 4.79 Å². The highest BCUT2D eigenvalue weighted by atomic mass is 79.9. The van der Waals surface area contributed by atoms with Gasteiger partial charge in [-0.2, -0.15) is 0 Å². The molecule has 1 aromatic heterocycles. The van der Waals surface area contributed by atoms with Crippen LogP contribution in [0.3, 0.4) is 0 Å². The van der Waals surface area contributed by atoms with Crippen LogP contribution in [0, 0.1) is 22.0 Å². The molecule has 0 spiro atoms. The Morgan fingerprint density at radius 3 is 2.70 bits per heavy atom. The molecule has 108 valence electrons. The molecule has 0 N–H and O–H groups in total. The molecule has 0 amide bonds. The van der Waals surface area contributed by atoms with Gasteiger partial charge in [0.25, 0.3) is 5.69 Å². The second-order valence-corrected chi connectivity index (χ2v) is 5.69. The summed E-state index contributed by atoms with van der Waals surface area (Å²) < 4.78 is 6.59. The van der Waals surface area contributed by atoms with Crippen molar-refractivity contribution in [1.82, 2.24) is 4.57 Å². The van der Waals surface area contributed by atoms with Crippen LogP contribution in [0.5, 0.6) is 0 Å². The summed E-state index contributed by atoms with van der Waals surface area (Å²) in [4.78, 5) is 22.3. The molecule has 0 fully saturated rings. The number of alkyl halides is 1. The first-order chi connectivity index (χ1) is 9.43. The molecule has 2 aromatic rings. The zero-order valence-corrected chi connectivity index (χ0v) is 12.8. The van der Waals surface area contributed by atoms with E-state index in [1.54, 1.807) is 0 Å². The maximum absolute atomic E-state index is 11.9. The molecule has 1 unspecified atom stereocenters. The van der Waals surface area contributed by atoms with Crippen LogP contribution >= 0.6 is 15.9 Å². The van der Waals surface area contributed by atoms with Crippen LogP contribution in [0.15, 0.2) is 27.4 Å². The maximum Gasteiger partial charge on any atom is 0.419 e. The van der Waals surface area contributed by atoms with Gasteiger partial charge in [0.1, 0.15) is 0 Å². The SMILES string of the molecule is CC(C)C(CBr)Cn1c(=O)oc2ccc([N+](=O)[O-])cc21. The third kappa shape index (κ3) is 2.77. The second kappa shape index (κ2) is 5.78. The van der Waals surface area contributed by atoms with E-state index in [1.807, 2.05) is 0 Å². The van der Waals surface area contributed by atoms with E-state index in [-0.39, 0.29) is 11.6 Å². The predicted molar refractivity (Wildman–Crippen MR) is 79.3 cm³/mol.